The average Bonchev–Trinajstić information content (AvgIpc) is 3.51. The van der Waals surface area contributed by atoms with E-state index in [9.17, 15) is 4.79 Å². The van der Waals surface area contributed by atoms with Crippen molar-refractivity contribution < 1.29 is 4.79 Å². The molecule has 0 saturated heterocycles. The lowest BCUT2D eigenvalue weighted by atomic mass is 10.0. The number of thioether (sulfide) groups is 1. The Morgan fingerprint density at radius 3 is 2.42 bits per heavy atom. The molecule has 1 aliphatic heterocycles. The zero-order chi connectivity index (χ0) is 26.2. The molecule has 0 bridgehead atoms. The van der Waals surface area contributed by atoms with Crippen LogP contribution in [0.15, 0.2) is 102 Å². The maximum absolute atomic E-state index is 14.0. The third-order valence-electron chi connectivity index (χ3n) is 6.87. The second-order valence-corrected chi connectivity index (χ2v) is 10.5. The smallest absolute Gasteiger partial charge is 0.308 e. The van der Waals surface area contributed by atoms with E-state index < -0.39 is 0 Å². The van der Waals surface area contributed by atoms with Gasteiger partial charge in [0.1, 0.15) is 5.82 Å². The molecule has 1 aliphatic rings. The molecule has 2 aromatic heterocycles. The second kappa shape index (κ2) is 10.1. The second-order valence-electron chi connectivity index (χ2n) is 9.18. The molecule has 8 heteroatoms. The standard InChI is InChI=1S/C30H26ClN5OS/c1-20-26-19-35(30(37)32-23-14-12-22(31)13-15-23)28(21-10-16-25(38-2)17-11-21)27-9-6-18-34(27)29(26)36(33-20)24-7-4-3-5-8-24/h3-18,28H,19H2,1-2H3,(H,32,37)/t28-/m0/s1. The number of nitrogens with zero attached hydrogens (tertiary/aromatic N) is 4. The summed E-state index contributed by atoms with van der Waals surface area (Å²) in [6.07, 6.45) is 4.12. The Morgan fingerprint density at radius 2 is 1.71 bits per heavy atom. The lowest BCUT2D eigenvalue weighted by Crippen LogP contribution is -2.38. The summed E-state index contributed by atoms with van der Waals surface area (Å²) >= 11 is 7.78. The Balaban J connectivity index is 1.52. The summed E-state index contributed by atoms with van der Waals surface area (Å²) < 4.78 is 4.15. The van der Waals surface area contributed by atoms with E-state index in [1.54, 1.807) is 23.9 Å². The third-order valence-corrected chi connectivity index (χ3v) is 7.87. The number of anilines is 1. The van der Waals surface area contributed by atoms with Crippen LogP contribution in [0.1, 0.15) is 28.6 Å². The van der Waals surface area contributed by atoms with Crippen LogP contribution in [-0.4, -0.2) is 31.5 Å². The number of halogens is 1. The van der Waals surface area contributed by atoms with Crippen molar-refractivity contribution in [1.82, 2.24) is 19.2 Å². The van der Waals surface area contributed by atoms with Crippen molar-refractivity contribution in [3.05, 3.63) is 125 Å². The summed E-state index contributed by atoms with van der Waals surface area (Å²) in [4.78, 5) is 17.1. The molecule has 0 radical (unpaired) electrons. The minimum Gasteiger partial charge on any atom is -0.308 e. The van der Waals surface area contributed by atoms with Gasteiger partial charge in [0, 0.05) is 27.4 Å². The number of hydrogen-bond donors (Lipinski definition) is 1. The molecular formula is C30H26ClN5OS. The van der Waals surface area contributed by atoms with Gasteiger partial charge < -0.3 is 14.8 Å². The molecule has 5 aromatic rings. The first-order valence-electron chi connectivity index (χ1n) is 12.3. The molecule has 6 rings (SSSR count). The van der Waals surface area contributed by atoms with Gasteiger partial charge in [-0.2, -0.15) is 5.10 Å². The number of carbonyl (C=O) groups is 1. The molecule has 3 heterocycles. The summed E-state index contributed by atoms with van der Waals surface area (Å²) in [7, 11) is 0. The van der Waals surface area contributed by atoms with Crippen molar-refractivity contribution in [2.45, 2.75) is 24.4 Å². The highest BCUT2D eigenvalue weighted by Gasteiger charge is 2.36. The SMILES string of the molecule is CSc1ccc([C@H]2c3cccn3-c3c(c(C)nn3-c3ccccc3)CN2C(=O)Nc2ccc(Cl)cc2)cc1. The van der Waals surface area contributed by atoms with Crippen molar-refractivity contribution in [2.24, 2.45) is 0 Å². The number of rotatable bonds is 4. The van der Waals surface area contributed by atoms with Gasteiger partial charge in [-0.3, -0.25) is 0 Å². The van der Waals surface area contributed by atoms with Crippen LogP contribution in [0.5, 0.6) is 0 Å². The third kappa shape index (κ3) is 4.38. The Morgan fingerprint density at radius 1 is 0.974 bits per heavy atom. The van der Waals surface area contributed by atoms with Crippen LogP contribution in [0, 0.1) is 6.92 Å². The van der Waals surface area contributed by atoms with Gasteiger partial charge in [-0.05, 0) is 79.4 Å². The number of fused-ring (bicyclic) bond motifs is 3. The summed E-state index contributed by atoms with van der Waals surface area (Å²) in [6.45, 7) is 2.40. The van der Waals surface area contributed by atoms with Gasteiger partial charge in [0.2, 0.25) is 0 Å². The zero-order valence-electron chi connectivity index (χ0n) is 21.0. The Labute approximate surface area is 230 Å². The molecule has 0 spiro atoms. The van der Waals surface area contributed by atoms with Crippen LogP contribution in [0.4, 0.5) is 10.5 Å². The molecule has 1 atom stereocenters. The lowest BCUT2D eigenvalue weighted by Gasteiger charge is -2.31. The van der Waals surface area contributed by atoms with Gasteiger partial charge in [-0.25, -0.2) is 9.48 Å². The van der Waals surface area contributed by atoms with E-state index in [1.807, 2.05) is 65.0 Å². The van der Waals surface area contributed by atoms with E-state index in [-0.39, 0.29) is 12.1 Å². The van der Waals surface area contributed by atoms with Gasteiger partial charge in [-0.1, -0.05) is 41.9 Å². The van der Waals surface area contributed by atoms with Crippen LogP contribution < -0.4 is 5.32 Å². The molecule has 6 nitrogen and oxygen atoms in total. The number of benzene rings is 3. The summed E-state index contributed by atoms with van der Waals surface area (Å²) in [5.74, 6) is 0.946. The number of hydrogen-bond acceptors (Lipinski definition) is 3. The van der Waals surface area contributed by atoms with Crippen molar-refractivity contribution >= 4 is 35.1 Å². The highest BCUT2D eigenvalue weighted by atomic mass is 35.5. The number of para-hydroxylation sites is 1. The van der Waals surface area contributed by atoms with E-state index >= 15 is 0 Å². The summed E-state index contributed by atoms with van der Waals surface area (Å²) in [5.41, 5.74) is 5.57. The van der Waals surface area contributed by atoms with Crippen LogP contribution in [0.2, 0.25) is 5.02 Å². The van der Waals surface area contributed by atoms with Crippen molar-refractivity contribution in [3.8, 4) is 11.5 Å². The van der Waals surface area contributed by atoms with Crippen LogP contribution in [-0.2, 0) is 6.54 Å². The van der Waals surface area contributed by atoms with Crippen molar-refractivity contribution in [1.29, 1.82) is 0 Å². The maximum Gasteiger partial charge on any atom is 0.322 e. The topological polar surface area (TPSA) is 55.1 Å². The monoisotopic (exact) mass is 539 g/mol. The predicted octanol–water partition coefficient (Wildman–Crippen LogP) is 7.48. The molecule has 2 amide bonds. The van der Waals surface area contributed by atoms with Crippen LogP contribution in [0.3, 0.4) is 0 Å². The summed E-state index contributed by atoms with van der Waals surface area (Å²) in [5, 5.41) is 8.62. The molecule has 38 heavy (non-hydrogen) atoms. The van der Waals surface area contributed by atoms with Gasteiger partial charge in [0.25, 0.3) is 0 Å². The number of urea groups is 1. The van der Waals surface area contributed by atoms with E-state index in [4.69, 9.17) is 16.7 Å². The molecule has 190 valence electrons. The molecule has 0 unspecified atom stereocenters. The first-order chi connectivity index (χ1) is 18.5. The fourth-order valence-electron chi connectivity index (χ4n) is 5.01. The quantitative estimate of drug-likeness (QED) is 0.241. The minimum atomic E-state index is -0.316. The van der Waals surface area contributed by atoms with E-state index in [2.05, 4.69) is 52.7 Å². The number of aryl methyl sites for hydroxylation is 1. The van der Waals surface area contributed by atoms with Crippen molar-refractivity contribution in [3.63, 3.8) is 0 Å². The average molecular weight is 540 g/mol. The Hall–Kier alpha value is -3.94. The van der Waals surface area contributed by atoms with Gasteiger partial charge in [-0.15, -0.1) is 11.8 Å². The number of aromatic nitrogens is 3. The van der Waals surface area contributed by atoms with Gasteiger partial charge in [0.15, 0.2) is 0 Å². The normalized spacial score (nSPS) is 14.5. The molecule has 0 fully saturated rings. The fourth-order valence-corrected chi connectivity index (χ4v) is 5.55. The van der Waals surface area contributed by atoms with Crippen LogP contribution in [0.25, 0.3) is 11.5 Å². The number of nitrogens with one attached hydrogen (secondary N) is 1. The van der Waals surface area contributed by atoms with E-state index in [0.29, 0.717) is 17.3 Å². The van der Waals surface area contributed by atoms with E-state index in [0.717, 1.165) is 34.0 Å². The van der Waals surface area contributed by atoms with Gasteiger partial charge >= 0.3 is 6.03 Å². The maximum atomic E-state index is 14.0. The highest BCUT2D eigenvalue weighted by molar-refractivity contribution is 7.98. The lowest BCUT2D eigenvalue weighted by molar-refractivity contribution is 0.194. The number of carbonyl (C=O) groups excluding carboxylic acids is 1. The van der Waals surface area contributed by atoms with Gasteiger partial charge in [0.05, 0.1) is 29.7 Å². The predicted molar refractivity (Wildman–Crippen MR) is 154 cm³/mol. The first kappa shape index (κ1) is 24.4. The molecule has 0 saturated carbocycles. The molecule has 1 N–H and O–H groups in total. The Bertz CT molecular complexity index is 1590. The highest BCUT2D eigenvalue weighted by Crippen LogP contribution is 2.39. The zero-order valence-corrected chi connectivity index (χ0v) is 22.6. The van der Waals surface area contributed by atoms with Crippen LogP contribution >= 0.6 is 23.4 Å². The molecular weight excluding hydrogens is 514 g/mol. The summed E-state index contributed by atoms with van der Waals surface area (Å²) in [6, 6.07) is 29.3. The number of amides is 2. The minimum absolute atomic E-state index is 0.196. The van der Waals surface area contributed by atoms with Crippen molar-refractivity contribution in [2.75, 3.05) is 11.6 Å². The van der Waals surface area contributed by atoms with E-state index in [1.165, 1.54) is 4.90 Å². The fraction of sp³-hybridized carbons (Fsp3) is 0.133. The largest absolute Gasteiger partial charge is 0.322 e. The Kier molecular flexibility index (Phi) is 6.47. The first-order valence-corrected chi connectivity index (χ1v) is 13.9. The molecule has 0 aliphatic carbocycles. The molecule has 3 aromatic carbocycles.